The topological polar surface area (TPSA) is 47.6 Å². The lowest BCUT2D eigenvalue weighted by atomic mass is 10.1. The molecule has 1 amide bonds. The smallest absolute Gasteiger partial charge is 0.257 e. The first-order chi connectivity index (χ1) is 10.5. The summed E-state index contributed by atoms with van der Waals surface area (Å²) in [4.78, 5) is 12.3. The Kier molecular flexibility index (Phi) is 4.88. The van der Waals surface area contributed by atoms with Gasteiger partial charge in [-0.3, -0.25) is 4.79 Å². The zero-order chi connectivity index (χ0) is 16.3. The van der Waals surface area contributed by atoms with Crippen LogP contribution >= 0.6 is 11.6 Å². The van der Waals surface area contributed by atoms with Gasteiger partial charge in [-0.2, -0.15) is 0 Å². The summed E-state index contributed by atoms with van der Waals surface area (Å²) in [6.45, 7) is 1.82. The molecule has 0 spiro atoms. The van der Waals surface area contributed by atoms with Crippen LogP contribution in [0.2, 0.25) is 5.02 Å². The van der Waals surface area contributed by atoms with Gasteiger partial charge in [-0.1, -0.05) is 11.6 Å². The number of rotatable bonds is 4. The molecule has 22 heavy (non-hydrogen) atoms. The summed E-state index contributed by atoms with van der Waals surface area (Å²) in [6, 6.07) is 7.02. The normalized spacial score (nSPS) is 10.2. The largest absolute Gasteiger partial charge is 0.493 e. The summed E-state index contributed by atoms with van der Waals surface area (Å²) in [6.07, 6.45) is 0. The minimum Gasteiger partial charge on any atom is -0.493 e. The maximum atomic E-state index is 13.0. The second-order valence-corrected chi connectivity index (χ2v) is 5.01. The highest BCUT2D eigenvalue weighted by Crippen LogP contribution is 2.33. The fraction of sp³-hybridized carbons (Fsp3) is 0.188. The number of carbonyl (C=O) groups excluding carboxylic acids is 1. The lowest BCUT2D eigenvalue weighted by Crippen LogP contribution is -2.13. The first kappa shape index (κ1) is 16.1. The van der Waals surface area contributed by atoms with E-state index in [0.717, 1.165) is 11.6 Å². The van der Waals surface area contributed by atoms with Crippen LogP contribution in [0.4, 0.5) is 10.1 Å². The van der Waals surface area contributed by atoms with Crippen LogP contribution in [0.1, 0.15) is 15.9 Å². The molecule has 4 nitrogen and oxygen atoms in total. The molecule has 116 valence electrons. The molecule has 0 radical (unpaired) electrons. The number of hydrogen-bond acceptors (Lipinski definition) is 3. The maximum Gasteiger partial charge on any atom is 0.257 e. The van der Waals surface area contributed by atoms with Gasteiger partial charge < -0.3 is 14.8 Å². The predicted octanol–water partition coefficient (Wildman–Crippen LogP) is 4.06. The average molecular weight is 324 g/mol. The van der Waals surface area contributed by atoms with Crippen LogP contribution in [-0.4, -0.2) is 20.1 Å². The molecule has 1 N–H and O–H groups in total. The Bertz CT molecular complexity index is 719. The number of hydrogen-bond donors (Lipinski definition) is 1. The average Bonchev–Trinajstić information content (AvgIpc) is 2.48. The van der Waals surface area contributed by atoms with Gasteiger partial charge in [0, 0.05) is 11.8 Å². The molecule has 0 aliphatic rings. The minimum atomic E-state index is -0.496. The monoisotopic (exact) mass is 323 g/mol. The molecule has 0 saturated heterocycles. The molecule has 0 fully saturated rings. The Balaban J connectivity index is 2.32. The number of methoxy groups -OCH3 is 2. The van der Waals surface area contributed by atoms with Crippen molar-refractivity contribution >= 4 is 23.2 Å². The number of benzene rings is 2. The summed E-state index contributed by atoms with van der Waals surface area (Å²) < 4.78 is 23.4. The van der Waals surface area contributed by atoms with Crippen molar-refractivity contribution in [1.82, 2.24) is 0 Å². The fourth-order valence-electron chi connectivity index (χ4n) is 1.98. The number of nitrogens with one attached hydrogen (secondary N) is 1. The number of ether oxygens (including phenoxy) is 2. The van der Waals surface area contributed by atoms with Gasteiger partial charge in [0.05, 0.1) is 24.8 Å². The third kappa shape index (κ3) is 3.31. The van der Waals surface area contributed by atoms with E-state index in [1.54, 1.807) is 12.1 Å². The zero-order valence-corrected chi connectivity index (χ0v) is 13.1. The highest BCUT2D eigenvalue weighted by molar-refractivity contribution is 6.34. The van der Waals surface area contributed by atoms with Crippen molar-refractivity contribution in [3.63, 3.8) is 0 Å². The van der Waals surface area contributed by atoms with E-state index in [0.29, 0.717) is 17.2 Å². The van der Waals surface area contributed by atoms with Gasteiger partial charge >= 0.3 is 0 Å². The van der Waals surface area contributed by atoms with E-state index in [1.807, 2.05) is 6.92 Å². The number of carbonyl (C=O) groups is 1. The van der Waals surface area contributed by atoms with Gasteiger partial charge in [-0.05, 0) is 36.8 Å². The van der Waals surface area contributed by atoms with Gasteiger partial charge in [0.15, 0.2) is 11.5 Å². The van der Waals surface area contributed by atoms with Crippen LogP contribution in [-0.2, 0) is 0 Å². The molecule has 0 heterocycles. The molecular weight excluding hydrogens is 309 g/mol. The third-order valence-corrected chi connectivity index (χ3v) is 3.47. The minimum absolute atomic E-state index is 0.0515. The molecule has 2 aromatic carbocycles. The maximum absolute atomic E-state index is 13.0. The van der Waals surface area contributed by atoms with Crippen molar-refractivity contribution < 1.29 is 18.7 Å². The molecule has 0 aromatic heterocycles. The molecule has 0 aliphatic carbocycles. The number of aryl methyl sites for hydroxylation is 1. The van der Waals surface area contributed by atoms with Crippen molar-refractivity contribution in [2.24, 2.45) is 0 Å². The summed E-state index contributed by atoms with van der Waals surface area (Å²) in [5.41, 5.74) is 1.55. The van der Waals surface area contributed by atoms with Crippen molar-refractivity contribution in [2.45, 2.75) is 6.92 Å². The van der Waals surface area contributed by atoms with Gasteiger partial charge in [0.2, 0.25) is 0 Å². The van der Waals surface area contributed by atoms with E-state index in [-0.39, 0.29) is 10.6 Å². The first-order valence-corrected chi connectivity index (χ1v) is 6.83. The fourth-order valence-corrected chi connectivity index (χ4v) is 2.23. The predicted molar refractivity (Wildman–Crippen MR) is 83.6 cm³/mol. The second kappa shape index (κ2) is 6.66. The SMILES string of the molecule is COc1cc(C)c(NC(=O)c2ccc(F)cc2Cl)cc1OC. The van der Waals surface area contributed by atoms with Crippen LogP contribution in [0.5, 0.6) is 11.5 Å². The Morgan fingerprint density at radius 2 is 1.77 bits per heavy atom. The van der Waals surface area contributed by atoms with E-state index in [9.17, 15) is 9.18 Å². The molecule has 0 aliphatic heterocycles. The lowest BCUT2D eigenvalue weighted by molar-refractivity contribution is 0.102. The van der Waals surface area contributed by atoms with Gasteiger partial charge in [-0.15, -0.1) is 0 Å². The van der Waals surface area contributed by atoms with Gasteiger partial charge in [0.25, 0.3) is 5.91 Å². The lowest BCUT2D eigenvalue weighted by Gasteiger charge is -2.14. The molecule has 2 rings (SSSR count). The highest BCUT2D eigenvalue weighted by Gasteiger charge is 2.14. The zero-order valence-electron chi connectivity index (χ0n) is 12.4. The molecule has 0 unspecified atom stereocenters. The molecule has 2 aromatic rings. The van der Waals surface area contributed by atoms with E-state index in [4.69, 9.17) is 21.1 Å². The van der Waals surface area contributed by atoms with E-state index >= 15 is 0 Å². The van der Waals surface area contributed by atoms with E-state index in [2.05, 4.69) is 5.32 Å². The van der Waals surface area contributed by atoms with Crippen LogP contribution in [0.3, 0.4) is 0 Å². The standard InChI is InChI=1S/C16H15ClFNO3/c1-9-6-14(21-2)15(22-3)8-13(9)19-16(20)11-5-4-10(18)7-12(11)17/h4-8H,1-3H3,(H,19,20). The molecule has 6 heteroatoms. The van der Waals surface area contributed by atoms with Crippen molar-refractivity contribution in [2.75, 3.05) is 19.5 Å². The van der Waals surface area contributed by atoms with Crippen LogP contribution in [0.15, 0.2) is 30.3 Å². The van der Waals surface area contributed by atoms with Crippen molar-refractivity contribution in [1.29, 1.82) is 0 Å². The molecule has 0 bridgehead atoms. The van der Waals surface area contributed by atoms with E-state index < -0.39 is 11.7 Å². The molecule has 0 atom stereocenters. The summed E-state index contributed by atoms with van der Waals surface area (Å²) in [5, 5.41) is 2.78. The first-order valence-electron chi connectivity index (χ1n) is 6.45. The van der Waals surface area contributed by atoms with Crippen LogP contribution in [0, 0.1) is 12.7 Å². The third-order valence-electron chi connectivity index (χ3n) is 3.15. The quantitative estimate of drug-likeness (QED) is 0.923. The highest BCUT2D eigenvalue weighted by atomic mass is 35.5. The number of amides is 1. The van der Waals surface area contributed by atoms with Gasteiger partial charge in [-0.25, -0.2) is 4.39 Å². The van der Waals surface area contributed by atoms with Gasteiger partial charge in [0.1, 0.15) is 5.82 Å². The van der Waals surface area contributed by atoms with Crippen molar-refractivity contribution in [3.05, 3.63) is 52.3 Å². The Labute approximate surface area is 132 Å². The number of halogens is 2. The number of anilines is 1. The summed E-state index contributed by atoms with van der Waals surface area (Å²) >= 11 is 5.89. The molecular formula is C16H15ClFNO3. The van der Waals surface area contributed by atoms with Crippen molar-refractivity contribution in [3.8, 4) is 11.5 Å². The van der Waals surface area contributed by atoms with Crippen LogP contribution in [0.25, 0.3) is 0 Å². The Hall–Kier alpha value is -2.27. The summed E-state index contributed by atoms with van der Waals surface area (Å²) in [5.74, 6) is 0.135. The Morgan fingerprint density at radius 3 is 2.36 bits per heavy atom. The second-order valence-electron chi connectivity index (χ2n) is 4.60. The van der Waals surface area contributed by atoms with Crippen LogP contribution < -0.4 is 14.8 Å². The molecule has 0 saturated carbocycles. The summed E-state index contributed by atoms with van der Waals surface area (Å²) in [7, 11) is 3.05. The Morgan fingerprint density at radius 1 is 1.14 bits per heavy atom. The van der Waals surface area contributed by atoms with E-state index in [1.165, 1.54) is 26.4 Å².